The Morgan fingerprint density at radius 3 is 2.58 bits per heavy atom. The molecule has 0 saturated carbocycles. The number of aromatic nitrogens is 2. The molecule has 2 aromatic carbocycles. The molecule has 0 aliphatic rings. The van der Waals surface area contributed by atoms with Gasteiger partial charge in [0.25, 0.3) is 0 Å². The van der Waals surface area contributed by atoms with Crippen LogP contribution in [0.1, 0.15) is 17.7 Å². The number of sulfonamides is 1. The molecule has 0 bridgehead atoms. The smallest absolute Gasteiger partial charge is 0.333 e. The van der Waals surface area contributed by atoms with E-state index in [2.05, 4.69) is 10.4 Å². The highest BCUT2D eigenvalue weighted by Crippen LogP contribution is 2.23. The summed E-state index contributed by atoms with van der Waals surface area (Å²) in [5.74, 6) is -0.521. The number of nitrogens with two attached hydrogens (primary N) is 1. The first-order chi connectivity index (χ1) is 14.6. The second-order valence-electron chi connectivity index (χ2n) is 6.38. The first-order valence-corrected chi connectivity index (χ1v) is 10.7. The number of carbonyl (C=O) groups excluding carboxylic acids is 1. The Bertz CT molecular complexity index is 1200. The third kappa shape index (κ3) is 6.00. The van der Waals surface area contributed by atoms with Crippen LogP contribution in [-0.4, -0.2) is 24.1 Å². The lowest BCUT2D eigenvalue weighted by Gasteiger charge is -2.12. The lowest BCUT2D eigenvalue weighted by Crippen LogP contribution is -2.18. The first kappa shape index (κ1) is 22.7. The summed E-state index contributed by atoms with van der Waals surface area (Å²) >= 11 is 6.04. The van der Waals surface area contributed by atoms with E-state index >= 15 is 0 Å². The van der Waals surface area contributed by atoms with Gasteiger partial charge in [-0.3, -0.25) is 4.79 Å². The molecule has 0 unspecified atom stereocenters. The van der Waals surface area contributed by atoms with Gasteiger partial charge in [-0.15, -0.1) is 5.10 Å². The van der Waals surface area contributed by atoms with Gasteiger partial charge in [-0.05, 0) is 23.8 Å². The standard InChI is InChI=1S/C19H17ClF2N4O4S/c20-15-4-2-1-3-12(15)9-17(27)24-14-6-5-13(16(10-14)31(23,28)29)11-30-18-7-8-26(25-18)19(21)22/h1-8,10,19H,9,11H2,(H,24,27)(H2,23,28,29). The number of ether oxygens (including phenoxy) is 1. The van der Waals surface area contributed by atoms with Gasteiger partial charge in [-0.1, -0.05) is 35.9 Å². The van der Waals surface area contributed by atoms with Gasteiger partial charge in [-0.25, -0.2) is 18.2 Å². The Morgan fingerprint density at radius 2 is 1.94 bits per heavy atom. The first-order valence-electron chi connectivity index (χ1n) is 8.78. The number of nitrogens with one attached hydrogen (secondary N) is 1. The van der Waals surface area contributed by atoms with E-state index in [-0.39, 0.29) is 35.1 Å². The van der Waals surface area contributed by atoms with E-state index in [9.17, 15) is 22.0 Å². The number of primary sulfonamides is 1. The molecule has 3 rings (SSSR count). The van der Waals surface area contributed by atoms with Crippen molar-refractivity contribution < 1.29 is 26.7 Å². The zero-order valence-corrected chi connectivity index (χ0v) is 17.4. The molecule has 12 heteroatoms. The lowest BCUT2D eigenvalue weighted by atomic mass is 10.1. The number of anilines is 1. The van der Waals surface area contributed by atoms with Crippen molar-refractivity contribution in [3.8, 4) is 5.88 Å². The number of carbonyl (C=O) groups is 1. The van der Waals surface area contributed by atoms with Crippen molar-refractivity contribution in [2.24, 2.45) is 5.14 Å². The van der Waals surface area contributed by atoms with Crippen LogP contribution < -0.4 is 15.2 Å². The summed E-state index contributed by atoms with van der Waals surface area (Å²) in [6.07, 6.45) is 1.01. The van der Waals surface area contributed by atoms with Crippen LogP contribution >= 0.6 is 11.6 Å². The highest BCUT2D eigenvalue weighted by atomic mass is 35.5. The van der Waals surface area contributed by atoms with Crippen LogP contribution in [0.25, 0.3) is 0 Å². The number of hydrogen-bond acceptors (Lipinski definition) is 5. The molecule has 31 heavy (non-hydrogen) atoms. The van der Waals surface area contributed by atoms with E-state index in [1.165, 1.54) is 24.3 Å². The van der Waals surface area contributed by atoms with E-state index in [0.717, 1.165) is 6.20 Å². The highest BCUT2D eigenvalue weighted by molar-refractivity contribution is 7.89. The van der Waals surface area contributed by atoms with E-state index in [4.69, 9.17) is 21.5 Å². The predicted octanol–water partition coefficient (Wildman–Crippen LogP) is 3.34. The summed E-state index contributed by atoms with van der Waals surface area (Å²) < 4.78 is 54.9. The number of hydrogen-bond donors (Lipinski definition) is 2. The zero-order chi connectivity index (χ0) is 22.6. The third-order valence-corrected chi connectivity index (χ3v) is 5.49. The topological polar surface area (TPSA) is 116 Å². The number of rotatable bonds is 8. The SMILES string of the molecule is NS(=O)(=O)c1cc(NC(=O)Cc2ccccc2Cl)ccc1COc1ccn(C(F)F)n1. The molecular formula is C19H17ClF2N4O4S. The van der Waals surface area contributed by atoms with Gasteiger partial charge in [0.05, 0.1) is 11.3 Å². The van der Waals surface area contributed by atoms with Crippen LogP contribution in [0.2, 0.25) is 5.02 Å². The zero-order valence-electron chi connectivity index (χ0n) is 15.8. The van der Waals surface area contributed by atoms with Crippen molar-refractivity contribution in [1.82, 2.24) is 9.78 Å². The van der Waals surface area contributed by atoms with Crippen molar-refractivity contribution >= 4 is 33.2 Å². The monoisotopic (exact) mass is 470 g/mol. The number of benzene rings is 2. The predicted molar refractivity (Wildman–Crippen MR) is 109 cm³/mol. The summed E-state index contributed by atoms with van der Waals surface area (Å²) in [5, 5.41) is 11.8. The van der Waals surface area contributed by atoms with Crippen molar-refractivity contribution in [2.75, 3.05) is 5.32 Å². The quantitative estimate of drug-likeness (QED) is 0.523. The molecule has 1 amide bonds. The summed E-state index contributed by atoms with van der Waals surface area (Å²) in [4.78, 5) is 12.0. The number of amides is 1. The molecule has 0 spiro atoms. The molecule has 1 heterocycles. The molecule has 0 fully saturated rings. The van der Waals surface area contributed by atoms with E-state index < -0.39 is 22.5 Å². The molecule has 164 valence electrons. The molecule has 0 radical (unpaired) electrons. The average Bonchev–Trinajstić information content (AvgIpc) is 3.17. The fraction of sp³-hybridized carbons (Fsp3) is 0.158. The van der Waals surface area contributed by atoms with Crippen LogP contribution in [-0.2, 0) is 27.8 Å². The second-order valence-corrected chi connectivity index (χ2v) is 8.32. The van der Waals surface area contributed by atoms with Gasteiger partial charge < -0.3 is 10.1 Å². The second kappa shape index (κ2) is 9.41. The van der Waals surface area contributed by atoms with Gasteiger partial charge in [0.15, 0.2) is 0 Å². The molecule has 3 aromatic rings. The minimum Gasteiger partial charge on any atom is -0.472 e. The van der Waals surface area contributed by atoms with Gasteiger partial charge >= 0.3 is 6.55 Å². The normalized spacial score (nSPS) is 11.5. The molecule has 1 aromatic heterocycles. The van der Waals surface area contributed by atoms with Crippen LogP contribution in [0.15, 0.2) is 59.6 Å². The summed E-state index contributed by atoms with van der Waals surface area (Å²) in [6.45, 7) is -3.12. The van der Waals surface area contributed by atoms with Gasteiger partial charge in [0.1, 0.15) is 6.61 Å². The van der Waals surface area contributed by atoms with Crippen molar-refractivity contribution in [1.29, 1.82) is 0 Å². The van der Waals surface area contributed by atoms with Gasteiger partial charge in [-0.2, -0.15) is 8.78 Å². The summed E-state index contributed by atoms with van der Waals surface area (Å²) in [6, 6.07) is 12.1. The minimum absolute atomic E-state index is 0.0119. The fourth-order valence-electron chi connectivity index (χ4n) is 2.69. The average molecular weight is 471 g/mol. The van der Waals surface area contributed by atoms with E-state index in [0.29, 0.717) is 15.3 Å². The van der Waals surface area contributed by atoms with Crippen molar-refractivity contribution in [3.05, 3.63) is 70.9 Å². The highest BCUT2D eigenvalue weighted by Gasteiger charge is 2.17. The molecule has 0 aliphatic carbocycles. The van der Waals surface area contributed by atoms with Crippen LogP contribution in [0.4, 0.5) is 14.5 Å². The number of halogens is 3. The molecule has 0 aliphatic heterocycles. The molecular weight excluding hydrogens is 454 g/mol. The molecule has 0 saturated heterocycles. The van der Waals surface area contributed by atoms with Gasteiger partial charge in [0, 0.05) is 28.5 Å². The third-order valence-electron chi connectivity index (χ3n) is 4.13. The van der Waals surface area contributed by atoms with Crippen molar-refractivity contribution in [3.63, 3.8) is 0 Å². The maximum Gasteiger partial charge on any atom is 0.333 e. The maximum absolute atomic E-state index is 12.6. The fourth-order valence-corrected chi connectivity index (χ4v) is 3.68. The molecule has 3 N–H and O–H groups in total. The van der Waals surface area contributed by atoms with Crippen molar-refractivity contribution in [2.45, 2.75) is 24.5 Å². The van der Waals surface area contributed by atoms with Crippen LogP contribution in [0.3, 0.4) is 0 Å². The van der Waals surface area contributed by atoms with Gasteiger partial charge in [0.2, 0.25) is 21.8 Å². The largest absolute Gasteiger partial charge is 0.472 e. The van der Waals surface area contributed by atoms with Crippen LogP contribution in [0, 0.1) is 0 Å². The Hall–Kier alpha value is -3.02. The maximum atomic E-state index is 12.6. The Balaban J connectivity index is 1.75. The number of alkyl halides is 2. The summed E-state index contributed by atoms with van der Waals surface area (Å²) in [7, 11) is -4.17. The molecule has 8 nitrogen and oxygen atoms in total. The Kier molecular flexibility index (Phi) is 6.88. The Morgan fingerprint density at radius 1 is 1.19 bits per heavy atom. The molecule has 0 atom stereocenters. The van der Waals surface area contributed by atoms with Crippen LogP contribution in [0.5, 0.6) is 5.88 Å². The lowest BCUT2D eigenvalue weighted by molar-refractivity contribution is -0.115. The minimum atomic E-state index is -4.17. The van der Waals surface area contributed by atoms with E-state index in [1.54, 1.807) is 24.3 Å². The Labute approximate surface area is 181 Å². The summed E-state index contributed by atoms with van der Waals surface area (Å²) in [5.41, 5.74) is 0.978. The number of nitrogens with zero attached hydrogens (tertiary/aromatic N) is 2. The van der Waals surface area contributed by atoms with E-state index in [1.807, 2.05) is 0 Å².